The summed E-state index contributed by atoms with van der Waals surface area (Å²) in [6.07, 6.45) is 3.92. The van der Waals surface area contributed by atoms with Crippen LogP contribution in [0.25, 0.3) is 23.3 Å². The summed E-state index contributed by atoms with van der Waals surface area (Å²) < 4.78 is 7.83. The van der Waals surface area contributed by atoms with Crippen LogP contribution in [0.2, 0.25) is 0 Å². The van der Waals surface area contributed by atoms with Crippen LogP contribution in [-0.4, -0.2) is 29.3 Å². The van der Waals surface area contributed by atoms with Crippen LogP contribution in [-0.2, 0) is 9.59 Å². The Kier molecular flexibility index (Phi) is 8.47. The van der Waals surface area contributed by atoms with E-state index in [0.717, 1.165) is 52.8 Å². The highest BCUT2D eigenvalue weighted by Gasteiger charge is 2.25. The zero-order chi connectivity index (χ0) is 32.4. The molecule has 0 fully saturated rings. The molecule has 11 heteroatoms. The second-order valence-electron chi connectivity index (χ2n) is 9.87. The van der Waals surface area contributed by atoms with Gasteiger partial charge in [0.15, 0.2) is 11.1 Å². The topological polar surface area (TPSA) is 135 Å². The Balaban J connectivity index is 1.45. The normalized spacial score (nSPS) is 14.0. The van der Waals surface area contributed by atoms with Crippen LogP contribution < -0.4 is 27.8 Å². The monoisotopic (exact) mass is 659 g/mol. The number of anilines is 3. The fraction of sp³-hybridized carbons (Fsp3) is 0.0286. The molecule has 3 aromatic carbocycles. The summed E-state index contributed by atoms with van der Waals surface area (Å²) in [6, 6.07) is 30.5. The number of ether oxygens (including phenoxy) is 1. The summed E-state index contributed by atoms with van der Waals surface area (Å²) >= 11 is 4.11. The Labute approximate surface area is 274 Å². The number of aliphatic carboxylic acids is 2. The molecular formula is C35H21N3O5S3. The Bertz CT molecular complexity index is 2240. The van der Waals surface area contributed by atoms with Gasteiger partial charge in [-0.1, -0.05) is 23.9 Å². The maximum atomic E-state index is 11.4. The van der Waals surface area contributed by atoms with E-state index >= 15 is 0 Å². The quantitative estimate of drug-likeness (QED) is 0.255. The van der Waals surface area contributed by atoms with Gasteiger partial charge in [0.25, 0.3) is 0 Å². The van der Waals surface area contributed by atoms with Crippen molar-refractivity contribution in [3.8, 4) is 17.9 Å². The molecule has 1 aliphatic rings. The molecule has 0 radical (unpaired) electrons. The van der Waals surface area contributed by atoms with E-state index < -0.39 is 11.9 Å². The number of nitrogens with zero attached hydrogens (tertiary/aromatic N) is 3. The standard InChI is InChI=1S/C35H21N3O5S3/c1-43-23-6-4-22(5-7-23)38-28-10-2-20(14-24-8-12-30(44-24)26(18-36)34(39)40)16-32(28)46-33-17-21(3-11-29(33)38)15-25-9-13-31(45-25)27(19-37)35(41)42/h2-17H,1H3,(H,39,40)(H,41,42)/b24-14+,25-15+,30-26+,31-27+. The predicted octanol–water partition coefficient (Wildman–Crippen LogP) is 4.93. The number of hydrogen-bond acceptors (Lipinski definition) is 9. The third-order valence-electron chi connectivity index (χ3n) is 7.02. The van der Waals surface area contributed by atoms with Gasteiger partial charge in [0, 0.05) is 24.5 Å². The van der Waals surface area contributed by atoms with Crippen LogP contribution in [0.4, 0.5) is 17.1 Å². The minimum Gasteiger partial charge on any atom is -0.497 e. The second-order valence-corrected chi connectivity index (χ2v) is 13.2. The fourth-order valence-electron chi connectivity index (χ4n) is 4.91. The molecule has 0 unspecified atom stereocenters. The Morgan fingerprint density at radius 3 is 1.61 bits per heavy atom. The van der Waals surface area contributed by atoms with E-state index in [1.54, 1.807) is 55.3 Å². The summed E-state index contributed by atoms with van der Waals surface area (Å²) in [4.78, 5) is 27.0. The molecule has 3 heterocycles. The molecule has 2 N–H and O–H groups in total. The van der Waals surface area contributed by atoms with E-state index in [9.17, 15) is 30.3 Å². The van der Waals surface area contributed by atoms with Crippen molar-refractivity contribution in [2.45, 2.75) is 9.79 Å². The summed E-state index contributed by atoms with van der Waals surface area (Å²) in [5.74, 6) is -1.75. The van der Waals surface area contributed by atoms with Crippen LogP contribution in [0.3, 0.4) is 0 Å². The average molecular weight is 660 g/mol. The molecule has 1 aliphatic heterocycles. The van der Waals surface area contributed by atoms with E-state index in [4.69, 9.17) is 4.74 Å². The molecule has 8 nitrogen and oxygen atoms in total. The molecule has 0 bridgehead atoms. The first kappa shape index (κ1) is 30.4. The van der Waals surface area contributed by atoms with Crippen LogP contribution in [0.15, 0.2) is 94.7 Å². The lowest BCUT2D eigenvalue weighted by Crippen LogP contribution is -2.15. The van der Waals surface area contributed by atoms with Gasteiger partial charge in [-0.05, 0) is 96.1 Å². The van der Waals surface area contributed by atoms with Gasteiger partial charge in [0.05, 0.1) is 27.5 Å². The highest BCUT2D eigenvalue weighted by molar-refractivity contribution is 7.99. The van der Waals surface area contributed by atoms with Crippen LogP contribution in [0.5, 0.6) is 5.75 Å². The number of methoxy groups -OCH3 is 1. The van der Waals surface area contributed by atoms with Crippen molar-refractivity contribution < 1.29 is 24.5 Å². The summed E-state index contributed by atoms with van der Waals surface area (Å²) in [5.41, 5.74) is 4.20. The van der Waals surface area contributed by atoms with Crippen molar-refractivity contribution in [1.82, 2.24) is 0 Å². The minimum absolute atomic E-state index is 0.283. The zero-order valence-corrected chi connectivity index (χ0v) is 26.4. The van der Waals surface area contributed by atoms with Gasteiger partial charge in [-0.15, -0.1) is 22.7 Å². The fourth-order valence-corrected chi connectivity index (χ4v) is 7.97. The maximum Gasteiger partial charge on any atom is 0.347 e. The van der Waals surface area contributed by atoms with Crippen molar-refractivity contribution in [2.75, 3.05) is 12.0 Å². The number of rotatable bonds is 6. The largest absolute Gasteiger partial charge is 0.497 e. The molecule has 6 rings (SSSR count). The number of carboxylic acid groups (broad SMARTS) is 2. The van der Waals surface area contributed by atoms with E-state index in [-0.39, 0.29) is 11.1 Å². The van der Waals surface area contributed by atoms with E-state index in [1.807, 2.05) is 48.6 Å². The lowest BCUT2D eigenvalue weighted by Gasteiger charge is -2.33. The van der Waals surface area contributed by atoms with Gasteiger partial charge in [0.2, 0.25) is 0 Å². The number of carbonyl (C=O) groups is 2. The first-order valence-electron chi connectivity index (χ1n) is 13.6. The number of hydrogen-bond donors (Lipinski definition) is 2. The lowest BCUT2D eigenvalue weighted by molar-refractivity contribution is -0.131. The number of benzene rings is 3. The van der Waals surface area contributed by atoms with E-state index in [1.165, 1.54) is 22.7 Å². The minimum atomic E-state index is -1.25. The van der Waals surface area contributed by atoms with Crippen molar-refractivity contribution in [3.63, 3.8) is 0 Å². The Hall–Kier alpha value is -5.59. The molecule has 0 saturated carbocycles. The Morgan fingerprint density at radius 2 is 1.20 bits per heavy atom. The summed E-state index contributed by atoms with van der Waals surface area (Å²) in [6.45, 7) is 0. The van der Waals surface area contributed by atoms with Gasteiger partial charge in [-0.2, -0.15) is 10.5 Å². The first-order chi connectivity index (χ1) is 22.3. The van der Waals surface area contributed by atoms with E-state index in [2.05, 4.69) is 29.2 Å². The van der Waals surface area contributed by atoms with Crippen molar-refractivity contribution in [1.29, 1.82) is 10.5 Å². The van der Waals surface area contributed by atoms with Crippen molar-refractivity contribution in [2.24, 2.45) is 0 Å². The van der Waals surface area contributed by atoms with Gasteiger partial charge >= 0.3 is 11.9 Å². The third-order valence-corrected chi connectivity index (χ3v) is 10.2. The van der Waals surface area contributed by atoms with Crippen LogP contribution in [0.1, 0.15) is 11.1 Å². The lowest BCUT2D eigenvalue weighted by atomic mass is 10.1. The molecule has 0 spiro atoms. The average Bonchev–Trinajstić information content (AvgIpc) is 3.70. The molecular weight excluding hydrogens is 639 g/mol. The van der Waals surface area contributed by atoms with Gasteiger partial charge in [-0.25, -0.2) is 9.59 Å². The third kappa shape index (κ3) is 6.03. The smallest absolute Gasteiger partial charge is 0.347 e. The SMILES string of the molecule is COc1ccc(N2c3ccc(/C=c4\cc/c(=C(/C#N)C(=O)O)s4)cc3Sc3cc(/C=c4\cc/c(=C(/C#N)C(=O)O)s4)ccc32)cc1. The summed E-state index contributed by atoms with van der Waals surface area (Å²) in [7, 11) is 1.63. The van der Waals surface area contributed by atoms with Crippen LogP contribution in [0, 0.1) is 22.7 Å². The van der Waals surface area contributed by atoms with Crippen molar-refractivity contribution >= 4 is 86.7 Å². The molecule has 0 amide bonds. The molecule has 0 atom stereocenters. The van der Waals surface area contributed by atoms with Gasteiger partial charge < -0.3 is 19.8 Å². The van der Waals surface area contributed by atoms with Gasteiger partial charge in [-0.3, -0.25) is 0 Å². The predicted molar refractivity (Wildman–Crippen MR) is 179 cm³/mol. The molecule has 0 aliphatic carbocycles. The molecule has 5 aromatic rings. The maximum absolute atomic E-state index is 11.4. The first-order valence-corrected chi connectivity index (χ1v) is 16.0. The number of carboxylic acids is 2. The second kappa shape index (κ2) is 12.8. The molecule has 46 heavy (non-hydrogen) atoms. The molecule has 2 aromatic heterocycles. The van der Waals surface area contributed by atoms with Crippen LogP contribution >= 0.6 is 34.4 Å². The van der Waals surface area contributed by atoms with Gasteiger partial charge in [0.1, 0.15) is 17.9 Å². The number of nitriles is 2. The molecule has 224 valence electrons. The Morgan fingerprint density at radius 1 is 0.717 bits per heavy atom. The highest BCUT2D eigenvalue weighted by atomic mass is 32.2. The summed E-state index contributed by atoms with van der Waals surface area (Å²) in [5, 5.41) is 37.1. The highest BCUT2D eigenvalue weighted by Crippen LogP contribution is 2.52. The van der Waals surface area contributed by atoms with E-state index in [0.29, 0.717) is 9.06 Å². The number of thiophene rings is 2. The molecule has 0 saturated heterocycles. The zero-order valence-electron chi connectivity index (χ0n) is 23.9. The number of fused-ring (bicyclic) bond motifs is 2. The van der Waals surface area contributed by atoms with Crippen molar-refractivity contribution in [3.05, 3.63) is 114 Å².